The average Bonchev–Trinajstić information content (AvgIpc) is 2.57. The molecule has 0 saturated carbocycles. The van der Waals surface area contributed by atoms with Crippen LogP contribution in [0.2, 0.25) is 0 Å². The van der Waals surface area contributed by atoms with Crippen LogP contribution in [0.4, 0.5) is 0 Å². The van der Waals surface area contributed by atoms with Crippen molar-refractivity contribution in [1.82, 2.24) is 14.3 Å². The zero-order chi connectivity index (χ0) is 13.6. The molecule has 0 amide bonds. The van der Waals surface area contributed by atoms with Crippen LogP contribution in [0.5, 0.6) is 0 Å². The van der Waals surface area contributed by atoms with Gasteiger partial charge in [0.05, 0.1) is 11.5 Å². The molecular weight excluding hydrogens is 314 g/mol. The highest BCUT2D eigenvalue weighted by molar-refractivity contribution is 7.90. The smallest absolute Gasteiger partial charge is 0.215 e. The fraction of sp³-hybridized carbons (Fsp3) is 1.00. The zero-order valence-electron chi connectivity index (χ0n) is 11.0. The van der Waals surface area contributed by atoms with E-state index in [2.05, 4.69) is 10.0 Å². The molecule has 2 N–H and O–H groups in total. The molecule has 0 aromatic heterocycles. The van der Waals surface area contributed by atoms with Gasteiger partial charge >= 0.3 is 0 Å². The van der Waals surface area contributed by atoms with Crippen molar-refractivity contribution >= 4 is 32.5 Å². The summed E-state index contributed by atoms with van der Waals surface area (Å²) in [5.74, 6) is -0.229. The summed E-state index contributed by atoms with van der Waals surface area (Å²) in [5, 5.41) is 3.12. The van der Waals surface area contributed by atoms with Crippen LogP contribution in [-0.2, 0) is 20.0 Å². The molecule has 10 heteroatoms. The number of rotatable bonds is 6. The second-order valence-electron chi connectivity index (χ2n) is 4.12. The van der Waals surface area contributed by atoms with E-state index in [1.54, 1.807) is 0 Å². The van der Waals surface area contributed by atoms with E-state index >= 15 is 0 Å². The average molecular weight is 336 g/mol. The second-order valence-corrected chi connectivity index (χ2v) is 8.30. The molecule has 1 aliphatic rings. The third-order valence-corrected chi connectivity index (χ3v) is 6.03. The molecule has 0 radical (unpaired) electrons. The van der Waals surface area contributed by atoms with E-state index in [1.165, 1.54) is 11.2 Å². The van der Waals surface area contributed by atoms with Gasteiger partial charge in [0.2, 0.25) is 20.0 Å². The van der Waals surface area contributed by atoms with Gasteiger partial charge in [0.1, 0.15) is 0 Å². The topological polar surface area (TPSA) is 95.6 Å². The number of nitrogens with zero attached hydrogens (tertiary/aromatic N) is 1. The van der Waals surface area contributed by atoms with Gasteiger partial charge in [-0.1, -0.05) is 0 Å². The molecule has 1 heterocycles. The zero-order valence-corrected chi connectivity index (χ0v) is 13.4. The van der Waals surface area contributed by atoms with Gasteiger partial charge in [0, 0.05) is 26.2 Å². The monoisotopic (exact) mass is 335 g/mol. The predicted octanol–water partition coefficient (Wildman–Crippen LogP) is -1.03. The van der Waals surface area contributed by atoms with Crippen molar-refractivity contribution < 1.29 is 16.8 Å². The summed E-state index contributed by atoms with van der Waals surface area (Å²) in [7, 11) is -6.70. The Kier molecular flexibility index (Phi) is 8.41. The second kappa shape index (κ2) is 8.38. The minimum atomic E-state index is -3.37. The van der Waals surface area contributed by atoms with Crippen LogP contribution in [0.1, 0.15) is 13.3 Å². The van der Waals surface area contributed by atoms with Gasteiger partial charge in [-0.3, -0.25) is 0 Å². The third-order valence-electron chi connectivity index (χ3n) is 2.75. The van der Waals surface area contributed by atoms with Crippen molar-refractivity contribution in [3.8, 4) is 0 Å². The minimum Gasteiger partial charge on any atom is -0.315 e. The molecule has 1 rings (SSSR count). The van der Waals surface area contributed by atoms with E-state index in [0.29, 0.717) is 19.6 Å². The predicted molar refractivity (Wildman–Crippen MR) is 77.6 cm³/mol. The lowest BCUT2D eigenvalue weighted by molar-refractivity contribution is 0.432. The summed E-state index contributed by atoms with van der Waals surface area (Å²) in [6.45, 7) is 3.84. The Morgan fingerprint density at radius 1 is 1.16 bits per heavy atom. The van der Waals surface area contributed by atoms with Gasteiger partial charge in [-0.2, -0.15) is 0 Å². The van der Waals surface area contributed by atoms with E-state index in [4.69, 9.17) is 0 Å². The molecule has 7 nitrogen and oxygen atoms in total. The molecule has 0 atom stereocenters. The Morgan fingerprint density at radius 2 is 1.84 bits per heavy atom. The fourth-order valence-corrected chi connectivity index (χ4v) is 3.80. The Balaban J connectivity index is 0.00000324. The lowest BCUT2D eigenvalue weighted by Crippen LogP contribution is -2.39. The molecule has 116 valence electrons. The first-order valence-electron chi connectivity index (χ1n) is 6.03. The molecule has 19 heavy (non-hydrogen) atoms. The van der Waals surface area contributed by atoms with Gasteiger partial charge in [-0.25, -0.2) is 25.9 Å². The number of nitrogens with one attached hydrogen (secondary N) is 2. The summed E-state index contributed by atoms with van der Waals surface area (Å²) in [6.07, 6.45) is 0.778. The van der Waals surface area contributed by atoms with Crippen molar-refractivity contribution in [3.05, 3.63) is 0 Å². The summed E-state index contributed by atoms with van der Waals surface area (Å²) >= 11 is 0. The van der Waals surface area contributed by atoms with E-state index in [1.807, 2.05) is 0 Å². The highest BCUT2D eigenvalue weighted by Gasteiger charge is 2.22. The van der Waals surface area contributed by atoms with Gasteiger partial charge in [-0.15, -0.1) is 12.4 Å². The van der Waals surface area contributed by atoms with Crippen LogP contribution in [0.25, 0.3) is 0 Å². The first-order chi connectivity index (χ1) is 8.37. The van der Waals surface area contributed by atoms with Gasteiger partial charge in [0.15, 0.2) is 0 Å². The fourth-order valence-electron chi connectivity index (χ4n) is 1.66. The van der Waals surface area contributed by atoms with Gasteiger partial charge < -0.3 is 5.32 Å². The third kappa shape index (κ3) is 6.87. The maximum absolute atomic E-state index is 12.0. The molecule has 1 fully saturated rings. The van der Waals surface area contributed by atoms with Crippen molar-refractivity contribution in [2.45, 2.75) is 13.3 Å². The van der Waals surface area contributed by atoms with Gasteiger partial charge in [-0.05, 0) is 19.9 Å². The number of hydrogen-bond donors (Lipinski definition) is 2. The maximum Gasteiger partial charge on any atom is 0.215 e. The quantitative estimate of drug-likeness (QED) is 0.647. The highest BCUT2D eigenvalue weighted by atomic mass is 35.5. The largest absolute Gasteiger partial charge is 0.315 e. The molecular formula is C9H22ClN3O4S2. The SMILES string of the molecule is CCS(=O)(=O)NCCS(=O)(=O)N1CCCNCC1.Cl. The van der Waals surface area contributed by atoms with Gasteiger partial charge in [0.25, 0.3) is 0 Å². The van der Waals surface area contributed by atoms with E-state index < -0.39 is 20.0 Å². The van der Waals surface area contributed by atoms with E-state index in [9.17, 15) is 16.8 Å². The van der Waals surface area contributed by atoms with Crippen LogP contribution in [-0.4, -0.2) is 65.4 Å². The molecule has 0 aromatic carbocycles. The first kappa shape index (κ1) is 19.1. The lowest BCUT2D eigenvalue weighted by Gasteiger charge is -2.19. The van der Waals surface area contributed by atoms with Crippen molar-refractivity contribution in [3.63, 3.8) is 0 Å². The Bertz CT molecular complexity index is 444. The molecule has 0 aliphatic carbocycles. The highest BCUT2D eigenvalue weighted by Crippen LogP contribution is 2.04. The molecule has 1 saturated heterocycles. The van der Waals surface area contributed by atoms with Crippen LogP contribution >= 0.6 is 12.4 Å². The van der Waals surface area contributed by atoms with E-state index in [0.717, 1.165) is 13.0 Å². The summed E-state index contributed by atoms with van der Waals surface area (Å²) < 4.78 is 50.0. The molecule has 0 bridgehead atoms. The Morgan fingerprint density at radius 3 is 2.47 bits per heavy atom. The summed E-state index contributed by atoms with van der Waals surface area (Å²) in [6, 6.07) is 0. The number of halogens is 1. The lowest BCUT2D eigenvalue weighted by atomic mass is 10.4. The van der Waals surface area contributed by atoms with E-state index in [-0.39, 0.29) is 30.5 Å². The normalized spacial score (nSPS) is 18.6. The van der Waals surface area contributed by atoms with Crippen LogP contribution in [0, 0.1) is 0 Å². The molecule has 0 aromatic rings. The summed E-state index contributed by atoms with van der Waals surface area (Å²) in [5.41, 5.74) is 0. The maximum atomic E-state index is 12.0. The van der Waals surface area contributed by atoms with Crippen LogP contribution in [0.3, 0.4) is 0 Å². The first-order valence-corrected chi connectivity index (χ1v) is 9.29. The standard InChI is InChI=1S/C9H21N3O4S2.ClH/c1-2-17(13,14)11-6-9-18(15,16)12-7-3-4-10-5-8-12;/h10-11H,2-9H2,1H3;1H. The van der Waals surface area contributed by atoms with Crippen LogP contribution in [0.15, 0.2) is 0 Å². The number of hydrogen-bond acceptors (Lipinski definition) is 5. The summed E-state index contributed by atoms with van der Waals surface area (Å²) in [4.78, 5) is 0. The van der Waals surface area contributed by atoms with Crippen LogP contribution < -0.4 is 10.0 Å². The van der Waals surface area contributed by atoms with Crippen molar-refractivity contribution in [2.24, 2.45) is 0 Å². The van der Waals surface area contributed by atoms with Crippen molar-refractivity contribution in [2.75, 3.05) is 44.2 Å². The molecule has 1 aliphatic heterocycles. The van der Waals surface area contributed by atoms with Crippen molar-refractivity contribution in [1.29, 1.82) is 0 Å². The number of sulfonamides is 2. The Labute approximate surface area is 121 Å². The molecule has 0 unspecified atom stereocenters. The molecule has 0 spiro atoms. The Hall–Kier alpha value is 0.0700. The minimum absolute atomic E-state index is 0.